The number of ether oxygens (including phenoxy) is 1. The highest BCUT2D eigenvalue weighted by molar-refractivity contribution is 5.72. The molecule has 0 saturated heterocycles. The molecule has 0 aliphatic rings. The molecule has 0 unspecified atom stereocenters. The minimum Gasteiger partial charge on any atom is -0.451 e. The molecule has 2 aromatic carbocycles. The van der Waals surface area contributed by atoms with E-state index in [4.69, 9.17) is 4.74 Å². The first-order valence-electron chi connectivity index (χ1n) is 6.38. The highest BCUT2D eigenvalue weighted by atomic mass is 19.4. The van der Waals surface area contributed by atoms with Gasteiger partial charge < -0.3 is 10.1 Å². The highest BCUT2D eigenvalue weighted by Crippen LogP contribution is 2.37. The summed E-state index contributed by atoms with van der Waals surface area (Å²) in [4.78, 5) is 10.4. The summed E-state index contributed by atoms with van der Waals surface area (Å²) in [6.45, 7) is 1.35. The number of rotatable bonds is 4. The van der Waals surface area contributed by atoms with Crippen LogP contribution in [0.2, 0.25) is 0 Å². The number of amides is 1. The summed E-state index contributed by atoms with van der Waals surface area (Å²) in [6.07, 6.45) is -4.75. The Morgan fingerprint density at radius 2 is 1.58 bits per heavy atom. The van der Waals surface area contributed by atoms with E-state index in [1.54, 1.807) is 0 Å². The molecule has 9 heteroatoms. The Hall–Kier alpha value is -2.71. The Morgan fingerprint density at radius 1 is 1.00 bits per heavy atom. The zero-order valence-corrected chi connectivity index (χ0v) is 12.0. The third-order valence-corrected chi connectivity index (χ3v) is 3.02. The van der Waals surface area contributed by atoms with Gasteiger partial charge in [0.2, 0.25) is 6.41 Å². The first-order valence-corrected chi connectivity index (χ1v) is 6.38. The number of benzene rings is 2. The van der Waals surface area contributed by atoms with E-state index in [0.29, 0.717) is 0 Å². The van der Waals surface area contributed by atoms with Crippen LogP contribution in [-0.4, -0.2) is 6.41 Å². The second kappa shape index (κ2) is 6.42. The van der Waals surface area contributed by atoms with Crippen LogP contribution in [0.15, 0.2) is 24.3 Å². The molecule has 0 heterocycles. The van der Waals surface area contributed by atoms with Gasteiger partial charge in [0.1, 0.15) is 11.6 Å². The van der Waals surface area contributed by atoms with Crippen molar-refractivity contribution in [3.05, 3.63) is 52.8 Å². The average molecular weight is 349 g/mol. The normalized spacial score (nSPS) is 11.3. The fourth-order valence-electron chi connectivity index (χ4n) is 1.87. The molecule has 3 nitrogen and oxygen atoms in total. The van der Waals surface area contributed by atoms with Gasteiger partial charge in [-0.2, -0.15) is 13.2 Å². The second-order valence-electron chi connectivity index (χ2n) is 4.73. The number of nitrogens with one attached hydrogen (secondary N) is 1. The molecule has 0 fully saturated rings. The van der Waals surface area contributed by atoms with Crippen LogP contribution < -0.4 is 10.1 Å². The second-order valence-corrected chi connectivity index (χ2v) is 4.73. The molecule has 2 rings (SSSR count). The van der Waals surface area contributed by atoms with Gasteiger partial charge in [-0.05, 0) is 30.7 Å². The number of hydrogen-bond donors (Lipinski definition) is 1. The predicted molar refractivity (Wildman–Crippen MR) is 72.3 cm³/mol. The summed E-state index contributed by atoms with van der Waals surface area (Å²) in [7, 11) is 0. The molecular weight excluding hydrogens is 340 g/mol. The molecule has 2 aromatic rings. The number of halogens is 6. The summed E-state index contributed by atoms with van der Waals surface area (Å²) < 4.78 is 83.5. The lowest BCUT2D eigenvalue weighted by atomic mass is 10.1. The van der Waals surface area contributed by atoms with Crippen LogP contribution in [0.1, 0.15) is 11.1 Å². The number of hydrogen-bond acceptors (Lipinski definition) is 2. The average Bonchev–Trinajstić information content (AvgIpc) is 2.46. The van der Waals surface area contributed by atoms with Gasteiger partial charge in [-0.15, -0.1) is 0 Å². The minimum atomic E-state index is -4.92. The summed E-state index contributed by atoms with van der Waals surface area (Å²) in [6, 6.07) is 2.06. The topological polar surface area (TPSA) is 38.3 Å². The molecule has 1 N–H and O–H groups in total. The monoisotopic (exact) mass is 349 g/mol. The first kappa shape index (κ1) is 17.6. The van der Waals surface area contributed by atoms with Crippen molar-refractivity contribution in [2.45, 2.75) is 13.1 Å². The Kier molecular flexibility index (Phi) is 4.72. The largest absolute Gasteiger partial charge is 0.451 e. The van der Waals surface area contributed by atoms with Crippen LogP contribution in [0.3, 0.4) is 0 Å². The SMILES string of the molecule is Cc1cc(F)c(NC=O)cc1Oc1c(F)cc(C(F)(F)F)cc1F. The van der Waals surface area contributed by atoms with E-state index in [-0.39, 0.29) is 35.5 Å². The van der Waals surface area contributed by atoms with Crippen molar-refractivity contribution in [3.8, 4) is 11.5 Å². The van der Waals surface area contributed by atoms with Crippen molar-refractivity contribution in [1.29, 1.82) is 0 Å². The lowest BCUT2D eigenvalue weighted by molar-refractivity contribution is -0.138. The van der Waals surface area contributed by atoms with Crippen molar-refractivity contribution < 1.29 is 35.9 Å². The van der Waals surface area contributed by atoms with Gasteiger partial charge in [0.05, 0.1) is 11.3 Å². The molecule has 1 amide bonds. The van der Waals surface area contributed by atoms with Crippen LogP contribution in [0.25, 0.3) is 0 Å². The van der Waals surface area contributed by atoms with Crippen molar-refractivity contribution in [2.75, 3.05) is 5.32 Å². The standard InChI is InChI=1S/C15H9F6NO2/c1-7-2-9(16)12(22-6-23)5-13(7)24-14-10(17)3-8(4-11(14)18)15(19,20)21/h2-6H,1H3,(H,22,23). The van der Waals surface area contributed by atoms with Crippen LogP contribution in [0, 0.1) is 24.4 Å². The van der Waals surface area contributed by atoms with Crippen molar-refractivity contribution in [1.82, 2.24) is 0 Å². The van der Waals surface area contributed by atoms with Gasteiger partial charge in [-0.25, -0.2) is 13.2 Å². The number of carbonyl (C=O) groups is 1. The van der Waals surface area contributed by atoms with Crippen molar-refractivity contribution in [3.63, 3.8) is 0 Å². The molecule has 24 heavy (non-hydrogen) atoms. The molecule has 0 spiro atoms. The van der Waals surface area contributed by atoms with Gasteiger partial charge >= 0.3 is 6.18 Å². The Morgan fingerprint density at radius 3 is 2.08 bits per heavy atom. The van der Waals surface area contributed by atoms with E-state index >= 15 is 0 Å². The molecule has 0 saturated carbocycles. The molecular formula is C15H9F6NO2. The Labute approximate surface area is 131 Å². The summed E-state index contributed by atoms with van der Waals surface area (Å²) >= 11 is 0. The number of aryl methyl sites for hydroxylation is 1. The van der Waals surface area contributed by atoms with E-state index in [1.807, 2.05) is 5.32 Å². The minimum absolute atomic E-state index is 0.0852. The zero-order chi connectivity index (χ0) is 18.1. The van der Waals surface area contributed by atoms with E-state index in [2.05, 4.69) is 0 Å². The zero-order valence-electron chi connectivity index (χ0n) is 12.0. The Bertz CT molecular complexity index is 765. The number of carbonyl (C=O) groups excluding carboxylic acids is 1. The van der Waals surface area contributed by atoms with Gasteiger partial charge in [0.15, 0.2) is 17.4 Å². The van der Waals surface area contributed by atoms with Gasteiger partial charge in [0.25, 0.3) is 0 Å². The van der Waals surface area contributed by atoms with Gasteiger partial charge in [0, 0.05) is 6.07 Å². The fraction of sp³-hybridized carbons (Fsp3) is 0.133. The third kappa shape index (κ3) is 3.61. The number of alkyl halides is 3. The van der Waals surface area contributed by atoms with Crippen molar-refractivity contribution in [2.24, 2.45) is 0 Å². The Balaban J connectivity index is 2.45. The first-order chi connectivity index (χ1) is 11.1. The molecule has 0 radical (unpaired) electrons. The van der Waals surface area contributed by atoms with E-state index in [0.717, 1.165) is 12.1 Å². The number of anilines is 1. The molecule has 0 atom stereocenters. The predicted octanol–water partition coefficient (Wildman–Crippen LogP) is 4.79. The lowest BCUT2D eigenvalue weighted by Crippen LogP contribution is -2.07. The van der Waals surface area contributed by atoms with E-state index < -0.39 is 34.9 Å². The van der Waals surface area contributed by atoms with Crippen LogP contribution in [0.4, 0.5) is 32.0 Å². The quantitative estimate of drug-likeness (QED) is 0.637. The van der Waals surface area contributed by atoms with Gasteiger partial charge in [-0.1, -0.05) is 0 Å². The molecule has 0 aliphatic carbocycles. The van der Waals surface area contributed by atoms with Crippen LogP contribution >= 0.6 is 0 Å². The lowest BCUT2D eigenvalue weighted by Gasteiger charge is -2.14. The van der Waals surface area contributed by atoms with E-state index in [9.17, 15) is 31.1 Å². The maximum atomic E-state index is 13.8. The highest BCUT2D eigenvalue weighted by Gasteiger charge is 2.33. The molecule has 128 valence electrons. The van der Waals surface area contributed by atoms with Crippen molar-refractivity contribution >= 4 is 12.1 Å². The van der Waals surface area contributed by atoms with Crippen LogP contribution in [0.5, 0.6) is 11.5 Å². The third-order valence-electron chi connectivity index (χ3n) is 3.02. The maximum Gasteiger partial charge on any atom is 0.416 e. The molecule has 0 aromatic heterocycles. The molecule has 0 bridgehead atoms. The smallest absolute Gasteiger partial charge is 0.416 e. The summed E-state index contributed by atoms with van der Waals surface area (Å²) in [5.74, 6) is -5.28. The van der Waals surface area contributed by atoms with Gasteiger partial charge in [-0.3, -0.25) is 4.79 Å². The maximum absolute atomic E-state index is 13.8. The fourth-order valence-corrected chi connectivity index (χ4v) is 1.87. The molecule has 0 aliphatic heterocycles. The summed E-state index contributed by atoms with van der Waals surface area (Å²) in [5.41, 5.74) is -1.72. The van der Waals surface area contributed by atoms with E-state index in [1.165, 1.54) is 6.92 Å². The van der Waals surface area contributed by atoms with Crippen LogP contribution in [-0.2, 0) is 11.0 Å². The summed E-state index contributed by atoms with van der Waals surface area (Å²) in [5, 5.41) is 2.02.